The number of quaternary nitrogens is 1. The topological polar surface area (TPSA) is 66.4 Å². The van der Waals surface area contributed by atoms with Gasteiger partial charge in [-0.15, -0.1) is 0 Å². The predicted molar refractivity (Wildman–Crippen MR) is 134 cm³/mol. The first-order valence-electron chi connectivity index (χ1n) is 13.5. The average Bonchev–Trinajstić information content (AvgIpc) is 2.92. The number of carbonyl (C=O) groups excluding carboxylic acids is 1. The van der Waals surface area contributed by atoms with Crippen LogP contribution in [0.2, 0.25) is 0 Å². The van der Waals surface area contributed by atoms with Crippen LogP contribution < -0.4 is 5.32 Å². The van der Waals surface area contributed by atoms with Crippen molar-refractivity contribution in [2.45, 2.75) is 79.2 Å². The van der Waals surface area contributed by atoms with Crippen LogP contribution in [0.5, 0.6) is 0 Å². The summed E-state index contributed by atoms with van der Waals surface area (Å²) in [6.45, 7) is 1.48. The molecule has 0 aromatic heterocycles. The highest BCUT2D eigenvalue weighted by Gasteiger charge is 2.97. The van der Waals surface area contributed by atoms with Crippen molar-refractivity contribution in [3.63, 3.8) is 0 Å². The highest BCUT2D eigenvalue weighted by Crippen LogP contribution is 2.66. The van der Waals surface area contributed by atoms with Crippen molar-refractivity contribution >= 4 is 23.5 Å². The smallest absolute Gasteiger partial charge is 0.460 e. The Morgan fingerprint density at radius 3 is 1.39 bits per heavy atom. The lowest BCUT2D eigenvalue weighted by Gasteiger charge is -2.44. The van der Waals surface area contributed by atoms with Crippen molar-refractivity contribution < 1.29 is 111 Å². The summed E-state index contributed by atoms with van der Waals surface area (Å²) in [5, 5.41) is 11.6. The van der Waals surface area contributed by atoms with Crippen molar-refractivity contribution in [2.24, 2.45) is 5.92 Å². The average molecular weight is 824 g/mol. The Morgan fingerprint density at radius 1 is 0.647 bits per heavy atom. The first-order valence-corrected chi connectivity index (χ1v) is 14.7. The number of rotatable bonds is 22. The third-order valence-electron chi connectivity index (χ3n) is 7.06. The number of ketones is 1. The molecule has 0 heterocycles. The molecule has 1 unspecified atom stereocenters. The van der Waals surface area contributed by atoms with Crippen LogP contribution in [0.15, 0.2) is 0 Å². The van der Waals surface area contributed by atoms with Crippen LogP contribution in [0.1, 0.15) is 19.8 Å². The van der Waals surface area contributed by atoms with Gasteiger partial charge in [-0.2, -0.15) is 104 Å². The molecule has 0 bridgehead atoms. The van der Waals surface area contributed by atoms with Gasteiger partial charge >= 0.3 is 65.4 Å². The molecule has 0 rings (SSSR count). The molecule has 27 heteroatoms. The minimum atomic E-state index is -9.21. The number of aliphatic carboxylic acids is 1. The van der Waals surface area contributed by atoms with Crippen LogP contribution in [0.25, 0.3) is 0 Å². The van der Waals surface area contributed by atoms with Gasteiger partial charge in [0.25, 0.3) is 0 Å². The first kappa shape index (κ1) is 48.9. The van der Waals surface area contributed by atoms with Crippen molar-refractivity contribution in [2.75, 3.05) is 51.8 Å². The largest absolute Gasteiger partial charge is 0.477 e. The third-order valence-corrected chi connectivity index (χ3v) is 8.04. The minimum Gasteiger partial charge on any atom is -0.477 e. The Labute approximate surface area is 277 Å². The number of nitrogens with one attached hydrogen (secondary N) is 1. The standard InChI is InChI=1S/C24H27F21N2O3S/c1-12(9-46-6-4-7-47(2,3)10-14(49)50)13(48)11-51-8-5-15(25,26)16(27,28)17(29,30)18(31,32)19(33,34)20(35,36)21(37,38)22(39,40)23(41,42)24(43,44)45/h12,46H,4-11H2,1-3H3/p+1. The number of thioether (sulfide) groups is 1. The molecule has 5 nitrogen and oxygen atoms in total. The van der Waals surface area contributed by atoms with Crippen LogP contribution in [0.3, 0.4) is 0 Å². The van der Waals surface area contributed by atoms with Crippen molar-refractivity contribution in [1.82, 2.24) is 5.32 Å². The number of carbonyl (C=O) groups is 2. The summed E-state index contributed by atoms with van der Waals surface area (Å²) in [5.41, 5.74) is 0. The zero-order valence-electron chi connectivity index (χ0n) is 25.8. The second kappa shape index (κ2) is 15.4. The van der Waals surface area contributed by atoms with Gasteiger partial charge in [0.15, 0.2) is 6.54 Å². The van der Waals surface area contributed by atoms with Crippen molar-refractivity contribution in [3.05, 3.63) is 0 Å². The molecule has 0 aliphatic rings. The van der Waals surface area contributed by atoms with Crippen molar-refractivity contribution in [1.29, 1.82) is 0 Å². The van der Waals surface area contributed by atoms with Gasteiger partial charge in [-0.3, -0.25) is 4.79 Å². The summed E-state index contributed by atoms with van der Waals surface area (Å²) in [5.74, 6) is -82.6. The van der Waals surface area contributed by atoms with E-state index in [1.165, 1.54) is 6.92 Å². The molecule has 0 radical (unpaired) electrons. The summed E-state index contributed by atoms with van der Waals surface area (Å²) < 4.78 is 283. The van der Waals surface area contributed by atoms with Gasteiger partial charge in [-0.1, -0.05) is 6.92 Å². The Balaban J connectivity index is 5.80. The number of hydrogen-bond acceptors (Lipinski definition) is 4. The molecule has 2 N–H and O–H groups in total. The van der Waals surface area contributed by atoms with Gasteiger partial charge in [0.2, 0.25) is 0 Å². The molecule has 0 aliphatic carbocycles. The SMILES string of the molecule is CC(CNCCC[N+](C)(C)CC(=O)O)C(=O)CSCCC(F)(F)C(F)(F)C(F)(F)C(F)(F)C(F)(F)C(F)(F)C(F)(F)C(F)(F)C(F)(F)C(F)(F)F. The number of carboxylic acid groups (broad SMARTS) is 1. The van der Waals surface area contributed by atoms with E-state index >= 15 is 0 Å². The molecule has 0 aromatic carbocycles. The fourth-order valence-corrected chi connectivity index (χ4v) is 4.80. The van der Waals surface area contributed by atoms with E-state index in [9.17, 15) is 102 Å². The van der Waals surface area contributed by atoms with Crippen LogP contribution in [0, 0.1) is 5.92 Å². The van der Waals surface area contributed by atoms with E-state index in [0.29, 0.717) is 13.0 Å². The Kier molecular flexibility index (Phi) is 14.7. The number of hydrogen-bond donors (Lipinski definition) is 2. The zero-order valence-corrected chi connectivity index (χ0v) is 26.6. The molecular formula is C24H28F21N2O3S+. The Morgan fingerprint density at radius 2 is 1.02 bits per heavy atom. The van der Waals surface area contributed by atoms with Crippen LogP contribution in [-0.2, 0) is 9.59 Å². The molecule has 304 valence electrons. The van der Waals surface area contributed by atoms with Crippen LogP contribution >= 0.6 is 11.8 Å². The van der Waals surface area contributed by atoms with Crippen LogP contribution in [0.4, 0.5) is 92.2 Å². The van der Waals surface area contributed by atoms with Gasteiger partial charge in [0.1, 0.15) is 5.78 Å². The van der Waals surface area contributed by atoms with E-state index in [2.05, 4.69) is 5.32 Å². The number of carboxylic acids is 1. The quantitative estimate of drug-likeness (QED) is 0.0666. The molecule has 0 saturated heterocycles. The maximum Gasteiger partial charge on any atom is 0.460 e. The van der Waals surface area contributed by atoms with E-state index in [-0.39, 0.29) is 35.9 Å². The number of nitrogens with zero attached hydrogens (tertiary/aromatic N) is 1. The summed E-state index contributed by atoms with van der Waals surface area (Å²) in [4.78, 5) is 22.9. The number of likely N-dealkylation sites (N-methyl/N-ethyl adjacent to an activating group) is 1. The van der Waals surface area contributed by atoms with Crippen LogP contribution in [-0.4, -0.2) is 133 Å². The highest BCUT2D eigenvalue weighted by atomic mass is 32.2. The highest BCUT2D eigenvalue weighted by molar-refractivity contribution is 7.99. The zero-order chi connectivity index (χ0) is 41.3. The molecular weight excluding hydrogens is 795 g/mol. The van der Waals surface area contributed by atoms with E-state index in [0.717, 1.165) is 0 Å². The number of alkyl halides is 21. The van der Waals surface area contributed by atoms with E-state index in [1.54, 1.807) is 14.1 Å². The lowest BCUT2D eigenvalue weighted by molar-refractivity contribution is -0.883. The molecule has 0 saturated carbocycles. The monoisotopic (exact) mass is 823 g/mol. The maximum absolute atomic E-state index is 14.1. The molecule has 0 aliphatic heterocycles. The molecule has 0 spiro atoms. The van der Waals surface area contributed by atoms with Gasteiger partial charge in [0, 0.05) is 31.8 Å². The normalized spacial score (nSPS) is 16.0. The fraction of sp³-hybridized carbons (Fsp3) is 0.917. The van der Waals surface area contributed by atoms with Gasteiger partial charge in [-0.05, 0) is 5.75 Å². The number of halogens is 21. The third kappa shape index (κ3) is 9.19. The summed E-state index contributed by atoms with van der Waals surface area (Å²) in [6.07, 6.45) is -10.4. The lowest BCUT2D eigenvalue weighted by atomic mass is 9.86. The Hall–Kier alpha value is -2.06. The van der Waals surface area contributed by atoms with Gasteiger partial charge in [-0.25, -0.2) is 4.79 Å². The van der Waals surface area contributed by atoms with E-state index in [4.69, 9.17) is 5.11 Å². The minimum absolute atomic E-state index is 0.0711. The molecule has 0 amide bonds. The van der Waals surface area contributed by atoms with E-state index < -0.39 is 95.1 Å². The van der Waals surface area contributed by atoms with Gasteiger partial charge < -0.3 is 14.9 Å². The summed E-state index contributed by atoms with van der Waals surface area (Å²) >= 11 is -0.0711. The summed E-state index contributed by atoms with van der Waals surface area (Å²) in [7, 11) is 3.20. The summed E-state index contributed by atoms with van der Waals surface area (Å²) in [6, 6.07) is 0. The molecule has 51 heavy (non-hydrogen) atoms. The maximum atomic E-state index is 14.1. The van der Waals surface area contributed by atoms with Gasteiger partial charge in [0.05, 0.1) is 26.4 Å². The fourth-order valence-electron chi connectivity index (χ4n) is 3.77. The van der Waals surface area contributed by atoms with Crippen molar-refractivity contribution in [3.8, 4) is 0 Å². The molecule has 0 fully saturated rings. The Bertz CT molecular complexity index is 1210. The second-order valence-corrected chi connectivity index (χ2v) is 12.8. The predicted octanol–water partition coefficient (Wildman–Crippen LogP) is 7.74. The number of Topliss-reactive ketones (excluding diaryl/α,β-unsaturated/α-hetero) is 1. The molecule has 1 atom stereocenters. The second-order valence-electron chi connectivity index (χ2n) is 11.7. The lowest BCUT2D eigenvalue weighted by Crippen LogP contribution is -2.76. The van der Waals surface area contributed by atoms with E-state index in [1.807, 2.05) is 0 Å². The first-order chi connectivity index (χ1) is 22.2. The molecule has 0 aromatic rings.